The van der Waals surface area contributed by atoms with Crippen molar-refractivity contribution in [3.8, 4) is 17.0 Å². The highest BCUT2D eigenvalue weighted by Gasteiger charge is 2.19. The van der Waals surface area contributed by atoms with Gasteiger partial charge in [0.25, 0.3) is 0 Å². The molecule has 6 rings (SSSR count). The maximum absolute atomic E-state index is 5.20. The van der Waals surface area contributed by atoms with Crippen LogP contribution in [0.2, 0.25) is 0 Å². The van der Waals surface area contributed by atoms with Gasteiger partial charge >= 0.3 is 0 Å². The highest BCUT2D eigenvalue weighted by molar-refractivity contribution is 5.97. The largest absolute Gasteiger partial charge is 0.480 e. The van der Waals surface area contributed by atoms with Gasteiger partial charge in [-0.1, -0.05) is 18.2 Å². The van der Waals surface area contributed by atoms with Gasteiger partial charge in [0.15, 0.2) is 0 Å². The number of aromatic nitrogens is 6. The number of ether oxygens (including phenoxy) is 1. The molecule has 6 aromatic rings. The summed E-state index contributed by atoms with van der Waals surface area (Å²) < 4.78 is 7.32. The van der Waals surface area contributed by atoms with Crippen molar-refractivity contribution in [3.63, 3.8) is 0 Å². The Kier molecular flexibility index (Phi) is 5.46. The van der Waals surface area contributed by atoms with Gasteiger partial charge in [0.1, 0.15) is 0 Å². The van der Waals surface area contributed by atoms with Gasteiger partial charge in [-0.25, -0.2) is 0 Å². The number of benzene rings is 2. The molecule has 0 saturated heterocycles. The molecule has 0 radical (unpaired) electrons. The van der Waals surface area contributed by atoms with E-state index in [2.05, 4.69) is 78.6 Å². The van der Waals surface area contributed by atoms with E-state index in [9.17, 15) is 0 Å². The Bertz CT molecular complexity index is 1660. The lowest BCUT2D eigenvalue weighted by Crippen LogP contribution is -2.15. The van der Waals surface area contributed by atoms with Crippen molar-refractivity contribution >= 4 is 27.6 Å². The summed E-state index contributed by atoms with van der Waals surface area (Å²) in [4.78, 5) is 13.6. The summed E-state index contributed by atoms with van der Waals surface area (Å²) >= 11 is 0. The molecule has 0 bridgehead atoms. The van der Waals surface area contributed by atoms with Gasteiger partial charge in [-0.3, -0.25) is 15.0 Å². The number of nitrogens with zero attached hydrogens (tertiary/aromatic N) is 6. The van der Waals surface area contributed by atoms with E-state index in [-0.39, 0.29) is 6.04 Å². The second kappa shape index (κ2) is 9.07. The Morgan fingerprint density at radius 2 is 1.83 bits per heavy atom. The summed E-state index contributed by atoms with van der Waals surface area (Å²) in [5.41, 5.74) is 7.46. The highest BCUT2D eigenvalue weighted by Crippen LogP contribution is 2.34. The number of aryl methyl sites for hydroxylation is 1. The Hall–Kier alpha value is -4.85. The monoisotopic (exact) mass is 473 g/mol. The molecule has 36 heavy (non-hydrogen) atoms. The van der Waals surface area contributed by atoms with Crippen molar-refractivity contribution in [3.05, 3.63) is 103 Å². The van der Waals surface area contributed by atoms with Crippen LogP contribution in [0.3, 0.4) is 0 Å². The van der Waals surface area contributed by atoms with E-state index in [0.717, 1.165) is 44.6 Å². The average molecular weight is 474 g/mol. The fourth-order valence-electron chi connectivity index (χ4n) is 4.44. The van der Waals surface area contributed by atoms with Gasteiger partial charge < -0.3 is 14.6 Å². The van der Waals surface area contributed by atoms with E-state index >= 15 is 0 Å². The van der Waals surface area contributed by atoms with E-state index in [1.807, 2.05) is 30.5 Å². The number of pyridine rings is 1. The van der Waals surface area contributed by atoms with Crippen LogP contribution >= 0.6 is 0 Å². The normalized spacial score (nSPS) is 12.1. The molecule has 0 aliphatic carbocycles. The fraction of sp³-hybridized carbons (Fsp3) is 0.107. The molecule has 1 N–H and O–H groups in total. The van der Waals surface area contributed by atoms with Crippen molar-refractivity contribution in [1.29, 1.82) is 0 Å². The Labute approximate surface area is 207 Å². The van der Waals surface area contributed by atoms with Crippen LogP contribution in [-0.4, -0.2) is 36.8 Å². The summed E-state index contributed by atoms with van der Waals surface area (Å²) in [6, 6.07) is 20.0. The van der Waals surface area contributed by atoms with Crippen molar-refractivity contribution < 1.29 is 4.74 Å². The van der Waals surface area contributed by atoms with Crippen molar-refractivity contribution in [2.45, 2.75) is 6.04 Å². The minimum atomic E-state index is -0.283. The highest BCUT2D eigenvalue weighted by atomic mass is 16.5. The number of methoxy groups -OCH3 is 1. The molecule has 4 heterocycles. The first-order valence-electron chi connectivity index (χ1n) is 11.5. The fourth-order valence-corrected chi connectivity index (χ4v) is 4.44. The van der Waals surface area contributed by atoms with E-state index in [4.69, 9.17) is 4.74 Å². The quantitative estimate of drug-likeness (QED) is 0.356. The van der Waals surface area contributed by atoms with Crippen LogP contribution in [0.25, 0.3) is 33.1 Å². The molecule has 176 valence electrons. The minimum Gasteiger partial charge on any atom is -0.480 e. The van der Waals surface area contributed by atoms with Crippen LogP contribution < -0.4 is 10.1 Å². The molecule has 2 aromatic carbocycles. The molecule has 8 nitrogen and oxygen atoms in total. The summed E-state index contributed by atoms with van der Waals surface area (Å²) in [6.45, 7) is 0. The first kappa shape index (κ1) is 21.7. The molecule has 0 unspecified atom stereocenters. The minimum absolute atomic E-state index is 0.283. The molecule has 0 fully saturated rings. The summed E-state index contributed by atoms with van der Waals surface area (Å²) in [6.07, 6.45) is 9.09. The van der Waals surface area contributed by atoms with Gasteiger partial charge in [0, 0.05) is 60.9 Å². The first-order valence-corrected chi connectivity index (χ1v) is 11.5. The predicted molar refractivity (Wildman–Crippen MR) is 140 cm³/mol. The van der Waals surface area contributed by atoms with Crippen LogP contribution in [0.4, 0.5) is 5.69 Å². The molecule has 0 aliphatic rings. The molecule has 0 aliphatic heterocycles. The number of anilines is 1. The molecule has 4 aromatic heterocycles. The van der Waals surface area contributed by atoms with Gasteiger partial charge in [0.05, 0.1) is 29.9 Å². The van der Waals surface area contributed by atoms with Crippen molar-refractivity contribution in [2.24, 2.45) is 7.05 Å². The number of nitrogens with one attached hydrogen (secondary N) is 1. The van der Waals surface area contributed by atoms with Gasteiger partial charge in [-0.2, -0.15) is 0 Å². The average Bonchev–Trinajstić information content (AvgIpc) is 3.31. The molecule has 0 amide bonds. The second-order valence-corrected chi connectivity index (χ2v) is 8.51. The zero-order valence-corrected chi connectivity index (χ0v) is 19.8. The standard InChI is InChI=1S/C28H23N7O/c1-35-13-9-18-5-6-19(14-25(18)35)22-15-21(16-24-28(22)31-12-11-30-24)32-27(20-4-3-10-29-17-20)23-7-8-26(36-2)34-33-23/h3-17,27,32H,1-2H3/t27-/m0/s1. The van der Waals surface area contributed by atoms with Crippen LogP contribution in [0.15, 0.2) is 91.6 Å². The van der Waals surface area contributed by atoms with E-state index < -0.39 is 0 Å². The van der Waals surface area contributed by atoms with Gasteiger partial charge in [-0.15, -0.1) is 10.2 Å². The van der Waals surface area contributed by atoms with E-state index in [1.54, 1.807) is 31.8 Å². The number of hydrogen-bond donors (Lipinski definition) is 1. The zero-order chi connectivity index (χ0) is 24.5. The maximum Gasteiger partial charge on any atom is 0.233 e. The third-order valence-electron chi connectivity index (χ3n) is 6.27. The Balaban J connectivity index is 1.48. The molecular weight excluding hydrogens is 450 g/mol. The maximum atomic E-state index is 5.20. The Morgan fingerprint density at radius 3 is 2.64 bits per heavy atom. The predicted octanol–water partition coefficient (Wildman–Crippen LogP) is 5.18. The van der Waals surface area contributed by atoms with Crippen molar-refractivity contribution in [1.82, 2.24) is 29.7 Å². The second-order valence-electron chi connectivity index (χ2n) is 8.51. The molecular formula is C28H23N7O. The van der Waals surface area contributed by atoms with Crippen LogP contribution in [0, 0.1) is 0 Å². The van der Waals surface area contributed by atoms with E-state index in [1.165, 1.54) is 5.39 Å². The molecule has 1 atom stereocenters. The number of rotatable bonds is 6. The SMILES string of the molecule is COc1ccc([C@@H](Nc2cc(-c3ccc4ccn(C)c4c3)c3nccnc3c2)c2cccnc2)nn1. The molecule has 0 spiro atoms. The van der Waals surface area contributed by atoms with Crippen LogP contribution in [0.1, 0.15) is 17.3 Å². The topological polar surface area (TPSA) is 90.6 Å². The third kappa shape index (κ3) is 3.98. The first-order chi connectivity index (χ1) is 17.7. The molecule has 8 heteroatoms. The zero-order valence-electron chi connectivity index (χ0n) is 19.8. The lowest BCUT2D eigenvalue weighted by atomic mass is 10.00. The van der Waals surface area contributed by atoms with E-state index in [0.29, 0.717) is 5.88 Å². The smallest absolute Gasteiger partial charge is 0.233 e. The molecule has 0 saturated carbocycles. The number of hydrogen-bond acceptors (Lipinski definition) is 7. The lowest BCUT2D eigenvalue weighted by Gasteiger charge is -2.20. The summed E-state index contributed by atoms with van der Waals surface area (Å²) in [7, 11) is 3.63. The van der Waals surface area contributed by atoms with Gasteiger partial charge in [0.2, 0.25) is 5.88 Å². The number of fused-ring (bicyclic) bond motifs is 2. The van der Waals surface area contributed by atoms with Gasteiger partial charge in [-0.05, 0) is 52.9 Å². The lowest BCUT2D eigenvalue weighted by molar-refractivity contribution is 0.391. The summed E-state index contributed by atoms with van der Waals surface area (Å²) in [5, 5.41) is 13.4. The van der Waals surface area contributed by atoms with Crippen LogP contribution in [0.5, 0.6) is 5.88 Å². The van der Waals surface area contributed by atoms with Crippen LogP contribution in [-0.2, 0) is 7.05 Å². The Morgan fingerprint density at radius 1 is 0.917 bits per heavy atom. The summed E-state index contributed by atoms with van der Waals surface area (Å²) in [5.74, 6) is 0.461. The van der Waals surface area contributed by atoms with Crippen molar-refractivity contribution in [2.75, 3.05) is 12.4 Å². The third-order valence-corrected chi connectivity index (χ3v) is 6.27.